The van der Waals surface area contributed by atoms with Gasteiger partial charge in [0.05, 0.1) is 13.7 Å². The average Bonchev–Trinajstić information content (AvgIpc) is 2.90. The van der Waals surface area contributed by atoms with Gasteiger partial charge in [-0.2, -0.15) is 0 Å². The number of rotatable bonds is 8. The van der Waals surface area contributed by atoms with Gasteiger partial charge in [-0.1, -0.05) is 19.4 Å². The molecule has 126 valence electrons. The summed E-state index contributed by atoms with van der Waals surface area (Å²) in [5.41, 5.74) is 0.872. The minimum absolute atomic E-state index is 0.0116. The van der Waals surface area contributed by atoms with Gasteiger partial charge in [-0.25, -0.2) is 0 Å². The Labute approximate surface area is 136 Å². The Hall–Kier alpha value is -2.24. The summed E-state index contributed by atoms with van der Waals surface area (Å²) in [6.45, 7) is 3.27. The van der Waals surface area contributed by atoms with Crippen LogP contribution in [-0.2, 0) is 16.1 Å². The quantitative estimate of drug-likeness (QED) is 0.667. The second-order valence-electron chi connectivity index (χ2n) is 5.68. The molecular weight excluding hydrogens is 298 g/mol. The molecular formula is C17H22NO5-. The minimum Gasteiger partial charge on any atom is -0.550 e. The van der Waals surface area contributed by atoms with Crippen LogP contribution in [0.15, 0.2) is 18.2 Å². The maximum atomic E-state index is 11.9. The Morgan fingerprint density at radius 3 is 2.78 bits per heavy atom. The standard InChI is InChI=1S/C17H23NO5/c1-3-4-7-23-14-6-5-12(8-15(14)22-2)10-18-11-13(17(20)21)9-16(18)19/h5-6,8,13H,3-4,7,9-11H2,1-2H3,(H,20,21)/p-1/t13-/m0/s1. The molecule has 1 aromatic carbocycles. The van der Waals surface area contributed by atoms with Crippen molar-refractivity contribution in [1.29, 1.82) is 0 Å². The van der Waals surface area contributed by atoms with E-state index in [-0.39, 0.29) is 18.9 Å². The molecule has 23 heavy (non-hydrogen) atoms. The number of methoxy groups -OCH3 is 1. The molecule has 0 aliphatic carbocycles. The molecule has 0 saturated carbocycles. The molecule has 0 bridgehead atoms. The predicted octanol–water partition coefficient (Wildman–Crippen LogP) is 0.972. The number of hydrogen-bond donors (Lipinski definition) is 0. The van der Waals surface area contributed by atoms with E-state index in [4.69, 9.17) is 9.47 Å². The lowest BCUT2D eigenvalue weighted by molar-refractivity contribution is -0.311. The average molecular weight is 320 g/mol. The predicted molar refractivity (Wildman–Crippen MR) is 81.9 cm³/mol. The van der Waals surface area contributed by atoms with Gasteiger partial charge in [-0.05, 0) is 24.1 Å². The van der Waals surface area contributed by atoms with Gasteiger partial charge in [0.2, 0.25) is 5.91 Å². The molecule has 1 heterocycles. The number of ether oxygens (including phenoxy) is 2. The maximum Gasteiger partial charge on any atom is 0.223 e. The van der Waals surface area contributed by atoms with Crippen molar-refractivity contribution in [2.24, 2.45) is 5.92 Å². The van der Waals surface area contributed by atoms with Crippen molar-refractivity contribution < 1.29 is 24.2 Å². The Morgan fingerprint density at radius 2 is 2.17 bits per heavy atom. The van der Waals surface area contributed by atoms with Gasteiger partial charge in [0, 0.05) is 31.4 Å². The Bertz CT molecular complexity index is 572. The monoisotopic (exact) mass is 320 g/mol. The largest absolute Gasteiger partial charge is 0.550 e. The topological polar surface area (TPSA) is 78.9 Å². The molecule has 1 saturated heterocycles. The molecule has 1 aromatic rings. The smallest absolute Gasteiger partial charge is 0.223 e. The van der Waals surface area contributed by atoms with Crippen molar-refractivity contribution in [2.75, 3.05) is 20.3 Å². The van der Waals surface area contributed by atoms with Gasteiger partial charge in [-0.3, -0.25) is 4.79 Å². The molecule has 1 aliphatic heterocycles. The highest BCUT2D eigenvalue weighted by molar-refractivity contribution is 5.85. The number of carboxylic acid groups (broad SMARTS) is 1. The van der Waals surface area contributed by atoms with E-state index < -0.39 is 11.9 Å². The molecule has 1 amide bonds. The summed E-state index contributed by atoms with van der Waals surface area (Å²) in [4.78, 5) is 24.3. The molecule has 1 atom stereocenters. The van der Waals surface area contributed by atoms with Crippen molar-refractivity contribution in [3.63, 3.8) is 0 Å². The van der Waals surface area contributed by atoms with Crippen LogP contribution in [0.4, 0.5) is 0 Å². The van der Waals surface area contributed by atoms with E-state index in [0.717, 1.165) is 18.4 Å². The number of likely N-dealkylation sites (tertiary alicyclic amines) is 1. The molecule has 6 heteroatoms. The van der Waals surface area contributed by atoms with E-state index in [0.29, 0.717) is 24.7 Å². The normalized spacial score (nSPS) is 17.4. The highest BCUT2D eigenvalue weighted by Gasteiger charge is 2.30. The van der Waals surface area contributed by atoms with Crippen molar-refractivity contribution >= 4 is 11.9 Å². The zero-order valence-electron chi connectivity index (χ0n) is 13.5. The van der Waals surface area contributed by atoms with Crippen LogP contribution in [0.2, 0.25) is 0 Å². The number of carbonyl (C=O) groups is 2. The first kappa shape index (κ1) is 17.1. The van der Waals surface area contributed by atoms with Crippen LogP contribution in [0.25, 0.3) is 0 Å². The number of carbonyl (C=O) groups excluding carboxylic acids is 2. The van der Waals surface area contributed by atoms with Crippen LogP contribution < -0.4 is 14.6 Å². The second-order valence-corrected chi connectivity index (χ2v) is 5.68. The van der Waals surface area contributed by atoms with Crippen LogP contribution >= 0.6 is 0 Å². The molecule has 0 unspecified atom stereocenters. The number of benzene rings is 1. The van der Waals surface area contributed by atoms with E-state index in [1.807, 2.05) is 18.2 Å². The first-order valence-electron chi connectivity index (χ1n) is 7.83. The Kier molecular flexibility index (Phi) is 5.84. The fourth-order valence-electron chi connectivity index (χ4n) is 2.56. The lowest BCUT2D eigenvalue weighted by atomic mass is 10.1. The van der Waals surface area contributed by atoms with E-state index >= 15 is 0 Å². The van der Waals surface area contributed by atoms with Gasteiger partial charge >= 0.3 is 0 Å². The van der Waals surface area contributed by atoms with Crippen LogP contribution in [0.5, 0.6) is 11.5 Å². The van der Waals surface area contributed by atoms with Crippen LogP contribution in [0.1, 0.15) is 31.7 Å². The molecule has 1 aliphatic rings. The molecule has 0 radical (unpaired) electrons. The zero-order valence-corrected chi connectivity index (χ0v) is 13.5. The first-order chi connectivity index (χ1) is 11.0. The van der Waals surface area contributed by atoms with Crippen LogP contribution in [-0.4, -0.2) is 37.0 Å². The van der Waals surface area contributed by atoms with Gasteiger partial charge in [0.15, 0.2) is 11.5 Å². The van der Waals surface area contributed by atoms with Crippen LogP contribution in [0, 0.1) is 5.92 Å². The third-order valence-corrected chi connectivity index (χ3v) is 3.90. The molecule has 0 spiro atoms. The lowest BCUT2D eigenvalue weighted by Crippen LogP contribution is -2.33. The summed E-state index contributed by atoms with van der Waals surface area (Å²) >= 11 is 0. The summed E-state index contributed by atoms with van der Waals surface area (Å²) in [6, 6.07) is 5.50. The molecule has 0 aromatic heterocycles. The molecule has 0 N–H and O–H groups in total. The summed E-state index contributed by atoms with van der Waals surface area (Å²) in [5.74, 6) is -0.771. The number of unbranched alkanes of at least 4 members (excludes halogenated alkanes) is 1. The van der Waals surface area contributed by atoms with Crippen molar-refractivity contribution in [3.8, 4) is 11.5 Å². The SMILES string of the molecule is CCCCOc1ccc(CN2C[C@@H](C(=O)[O-])CC2=O)cc1OC. The third kappa shape index (κ3) is 4.37. The van der Waals surface area contributed by atoms with E-state index in [1.165, 1.54) is 4.90 Å². The molecule has 1 fully saturated rings. The highest BCUT2D eigenvalue weighted by atomic mass is 16.5. The summed E-state index contributed by atoms with van der Waals surface area (Å²) in [6.07, 6.45) is 2.03. The third-order valence-electron chi connectivity index (χ3n) is 3.90. The zero-order chi connectivity index (χ0) is 16.8. The fraction of sp³-hybridized carbons (Fsp3) is 0.529. The number of hydrogen-bond acceptors (Lipinski definition) is 5. The number of aliphatic carboxylic acids is 1. The second kappa shape index (κ2) is 7.85. The summed E-state index contributed by atoms with van der Waals surface area (Å²) in [5, 5.41) is 10.9. The summed E-state index contributed by atoms with van der Waals surface area (Å²) < 4.78 is 11.0. The number of amides is 1. The van der Waals surface area contributed by atoms with Gasteiger partial charge in [0.1, 0.15) is 0 Å². The van der Waals surface area contributed by atoms with Crippen molar-refractivity contribution in [1.82, 2.24) is 4.90 Å². The minimum atomic E-state index is -1.17. The van der Waals surface area contributed by atoms with Gasteiger partial charge in [0.25, 0.3) is 0 Å². The van der Waals surface area contributed by atoms with E-state index in [1.54, 1.807) is 7.11 Å². The fourth-order valence-corrected chi connectivity index (χ4v) is 2.56. The lowest BCUT2D eigenvalue weighted by Gasteiger charge is -2.18. The van der Waals surface area contributed by atoms with E-state index in [9.17, 15) is 14.7 Å². The van der Waals surface area contributed by atoms with Gasteiger partial charge < -0.3 is 24.3 Å². The summed E-state index contributed by atoms with van der Waals surface area (Å²) in [7, 11) is 1.57. The maximum absolute atomic E-state index is 11.9. The highest BCUT2D eigenvalue weighted by Crippen LogP contribution is 2.29. The number of carboxylic acids is 1. The molecule has 6 nitrogen and oxygen atoms in total. The van der Waals surface area contributed by atoms with Crippen LogP contribution in [0.3, 0.4) is 0 Å². The molecule has 2 rings (SSSR count). The Balaban J connectivity index is 2.03. The Morgan fingerprint density at radius 1 is 1.39 bits per heavy atom. The van der Waals surface area contributed by atoms with E-state index in [2.05, 4.69) is 6.92 Å². The van der Waals surface area contributed by atoms with Crippen molar-refractivity contribution in [3.05, 3.63) is 23.8 Å². The number of nitrogens with zero attached hydrogens (tertiary/aromatic N) is 1. The first-order valence-corrected chi connectivity index (χ1v) is 7.83. The van der Waals surface area contributed by atoms with Gasteiger partial charge in [-0.15, -0.1) is 0 Å². The van der Waals surface area contributed by atoms with Crippen molar-refractivity contribution in [2.45, 2.75) is 32.7 Å².